The van der Waals surface area contributed by atoms with Crippen LogP contribution in [0.4, 0.5) is 0 Å². The number of carbonyl (C=O) groups is 1. The average molecular weight is 368 g/mol. The third kappa shape index (κ3) is 6.13. The third-order valence-electron chi connectivity index (χ3n) is 4.08. The molecule has 2 aromatic carbocycles. The molecule has 0 bridgehead atoms. The number of nitrogens with one attached hydrogen (secondary N) is 1. The Morgan fingerprint density at radius 3 is 2.41 bits per heavy atom. The van der Waals surface area contributed by atoms with Crippen LogP contribution in [0.15, 0.2) is 47.6 Å². The summed E-state index contributed by atoms with van der Waals surface area (Å²) in [7, 11) is 1.60. The molecule has 5 heteroatoms. The van der Waals surface area contributed by atoms with Crippen molar-refractivity contribution in [3.8, 4) is 11.5 Å². The molecule has 5 nitrogen and oxygen atoms in total. The maximum absolute atomic E-state index is 12.1. The molecule has 2 rings (SSSR count). The van der Waals surface area contributed by atoms with Crippen molar-refractivity contribution in [3.63, 3.8) is 0 Å². The molecule has 0 aromatic heterocycles. The van der Waals surface area contributed by atoms with E-state index in [4.69, 9.17) is 9.47 Å². The summed E-state index contributed by atoms with van der Waals surface area (Å²) in [6.45, 7) is 8.95. The van der Waals surface area contributed by atoms with Crippen LogP contribution in [0, 0.1) is 0 Å². The number of hydrazone groups is 1. The topological polar surface area (TPSA) is 59.9 Å². The van der Waals surface area contributed by atoms with Gasteiger partial charge in [-0.15, -0.1) is 0 Å². The highest BCUT2D eigenvalue weighted by atomic mass is 16.5. The number of carbonyl (C=O) groups excluding carboxylic acids is 1. The second-order valence-corrected chi connectivity index (χ2v) is 7.26. The highest BCUT2D eigenvalue weighted by Gasteiger charge is 2.13. The van der Waals surface area contributed by atoms with Gasteiger partial charge in [-0.1, -0.05) is 45.0 Å². The second-order valence-electron chi connectivity index (χ2n) is 7.26. The van der Waals surface area contributed by atoms with E-state index in [1.54, 1.807) is 13.3 Å². The van der Waals surface area contributed by atoms with Crippen LogP contribution in [0.3, 0.4) is 0 Å². The molecule has 1 N–H and O–H groups in total. The minimum Gasteiger partial charge on any atom is -0.493 e. The predicted molar refractivity (Wildman–Crippen MR) is 109 cm³/mol. The molecule has 0 atom stereocenters. The summed E-state index contributed by atoms with van der Waals surface area (Å²) in [6, 6.07) is 13.6. The number of amides is 1. The van der Waals surface area contributed by atoms with Gasteiger partial charge in [0.15, 0.2) is 11.5 Å². The van der Waals surface area contributed by atoms with Gasteiger partial charge >= 0.3 is 0 Å². The molecule has 1 amide bonds. The second kappa shape index (κ2) is 9.21. The van der Waals surface area contributed by atoms with Crippen molar-refractivity contribution in [3.05, 3.63) is 59.2 Å². The number of benzene rings is 2. The summed E-state index contributed by atoms with van der Waals surface area (Å²) in [5.41, 5.74) is 5.68. The Morgan fingerprint density at radius 1 is 1.11 bits per heavy atom. The summed E-state index contributed by atoms with van der Waals surface area (Å²) in [4.78, 5) is 12.1. The van der Waals surface area contributed by atoms with Gasteiger partial charge in [0.25, 0.3) is 0 Å². The predicted octanol–water partition coefficient (Wildman–Crippen LogP) is 4.08. The van der Waals surface area contributed by atoms with Crippen molar-refractivity contribution >= 4 is 12.1 Å². The summed E-state index contributed by atoms with van der Waals surface area (Å²) < 4.78 is 10.8. The van der Waals surface area contributed by atoms with Crippen LogP contribution >= 0.6 is 0 Å². The Labute approximate surface area is 161 Å². The van der Waals surface area contributed by atoms with Crippen LogP contribution < -0.4 is 14.9 Å². The van der Waals surface area contributed by atoms with Gasteiger partial charge in [0.2, 0.25) is 5.91 Å². The van der Waals surface area contributed by atoms with Gasteiger partial charge in [-0.25, -0.2) is 5.43 Å². The van der Waals surface area contributed by atoms with E-state index in [1.807, 2.05) is 37.3 Å². The van der Waals surface area contributed by atoms with Crippen LogP contribution in [-0.4, -0.2) is 25.8 Å². The lowest BCUT2D eigenvalue weighted by Crippen LogP contribution is -2.20. The van der Waals surface area contributed by atoms with Crippen LogP contribution in [0.1, 0.15) is 44.4 Å². The van der Waals surface area contributed by atoms with E-state index in [1.165, 1.54) is 5.56 Å². The lowest BCUT2D eigenvalue weighted by Gasteiger charge is -2.19. The van der Waals surface area contributed by atoms with Crippen molar-refractivity contribution in [2.24, 2.45) is 5.10 Å². The number of rotatable bonds is 7. The first kappa shape index (κ1) is 20.5. The summed E-state index contributed by atoms with van der Waals surface area (Å²) in [5.74, 6) is 1.15. The molecular weight excluding hydrogens is 340 g/mol. The molecule has 2 aromatic rings. The van der Waals surface area contributed by atoms with Gasteiger partial charge in [0.1, 0.15) is 0 Å². The molecule has 0 aliphatic carbocycles. The molecule has 0 fully saturated rings. The average Bonchev–Trinajstić information content (AvgIpc) is 2.62. The van der Waals surface area contributed by atoms with E-state index in [-0.39, 0.29) is 17.7 Å². The Bertz CT molecular complexity index is 790. The van der Waals surface area contributed by atoms with E-state index < -0.39 is 0 Å². The van der Waals surface area contributed by atoms with E-state index >= 15 is 0 Å². The van der Waals surface area contributed by atoms with Gasteiger partial charge in [0, 0.05) is 0 Å². The van der Waals surface area contributed by atoms with E-state index in [2.05, 4.69) is 43.4 Å². The molecule has 0 saturated carbocycles. The molecule has 0 saturated heterocycles. The van der Waals surface area contributed by atoms with E-state index in [0.29, 0.717) is 18.1 Å². The zero-order chi connectivity index (χ0) is 19.9. The van der Waals surface area contributed by atoms with Gasteiger partial charge in [-0.05, 0) is 47.2 Å². The van der Waals surface area contributed by atoms with Crippen LogP contribution in [0.5, 0.6) is 11.5 Å². The SMILES string of the molecule is CCOc1cc(/C=N\NC(=O)Cc2ccc(C(C)(C)C)cc2)ccc1OC. The standard InChI is InChI=1S/C22H28N2O3/c1-6-27-20-13-17(9-12-19(20)26-5)15-23-24-21(25)14-16-7-10-18(11-8-16)22(2,3)4/h7-13,15H,6,14H2,1-5H3,(H,24,25)/b23-15-. The van der Waals surface area contributed by atoms with E-state index in [0.717, 1.165) is 11.1 Å². The van der Waals surface area contributed by atoms with Crippen molar-refractivity contribution in [1.29, 1.82) is 0 Å². The Hall–Kier alpha value is -2.82. The molecule has 0 unspecified atom stereocenters. The molecule has 0 spiro atoms. The molecule has 144 valence electrons. The number of hydrogen-bond donors (Lipinski definition) is 1. The minimum atomic E-state index is -0.159. The monoisotopic (exact) mass is 368 g/mol. The fourth-order valence-corrected chi connectivity index (χ4v) is 2.57. The number of ether oxygens (including phenoxy) is 2. The third-order valence-corrected chi connectivity index (χ3v) is 4.08. The van der Waals surface area contributed by atoms with Gasteiger partial charge < -0.3 is 9.47 Å². The summed E-state index contributed by atoms with van der Waals surface area (Å²) in [6.07, 6.45) is 1.87. The Morgan fingerprint density at radius 2 is 1.81 bits per heavy atom. The number of hydrogen-bond acceptors (Lipinski definition) is 4. The van der Waals surface area contributed by atoms with Gasteiger partial charge in [0.05, 0.1) is 26.4 Å². The first-order valence-corrected chi connectivity index (χ1v) is 9.05. The minimum absolute atomic E-state index is 0.101. The van der Waals surface area contributed by atoms with Gasteiger partial charge in [-0.3, -0.25) is 4.79 Å². The highest BCUT2D eigenvalue weighted by molar-refractivity contribution is 5.84. The number of methoxy groups -OCH3 is 1. The molecular formula is C22H28N2O3. The maximum Gasteiger partial charge on any atom is 0.244 e. The van der Waals surface area contributed by atoms with Crippen LogP contribution in [-0.2, 0) is 16.6 Å². The quantitative estimate of drug-likeness (QED) is 0.592. The zero-order valence-corrected chi connectivity index (χ0v) is 16.7. The smallest absolute Gasteiger partial charge is 0.244 e. The van der Waals surface area contributed by atoms with Crippen LogP contribution in [0.2, 0.25) is 0 Å². The van der Waals surface area contributed by atoms with Gasteiger partial charge in [-0.2, -0.15) is 5.10 Å². The zero-order valence-electron chi connectivity index (χ0n) is 16.7. The van der Waals surface area contributed by atoms with Crippen LogP contribution in [0.25, 0.3) is 0 Å². The van der Waals surface area contributed by atoms with Crippen molar-refractivity contribution in [2.45, 2.75) is 39.5 Å². The van der Waals surface area contributed by atoms with Crippen molar-refractivity contribution < 1.29 is 14.3 Å². The summed E-state index contributed by atoms with van der Waals surface area (Å²) in [5, 5.41) is 4.03. The number of nitrogens with zero attached hydrogens (tertiary/aromatic N) is 1. The lowest BCUT2D eigenvalue weighted by atomic mass is 9.86. The normalized spacial score (nSPS) is 11.4. The fraction of sp³-hybridized carbons (Fsp3) is 0.364. The Kier molecular flexibility index (Phi) is 6.99. The summed E-state index contributed by atoms with van der Waals surface area (Å²) >= 11 is 0. The van der Waals surface area contributed by atoms with Crippen molar-refractivity contribution in [1.82, 2.24) is 5.43 Å². The molecule has 0 aliphatic rings. The lowest BCUT2D eigenvalue weighted by molar-refractivity contribution is -0.120. The van der Waals surface area contributed by atoms with E-state index in [9.17, 15) is 4.79 Å². The Balaban J connectivity index is 1.94. The molecule has 0 radical (unpaired) electrons. The first-order valence-electron chi connectivity index (χ1n) is 9.05. The fourth-order valence-electron chi connectivity index (χ4n) is 2.57. The van der Waals surface area contributed by atoms with Crippen molar-refractivity contribution in [2.75, 3.05) is 13.7 Å². The maximum atomic E-state index is 12.1. The molecule has 27 heavy (non-hydrogen) atoms. The highest BCUT2D eigenvalue weighted by Crippen LogP contribution is 2.27. The first-order chi connectivity index (χ1) is 12.8. The molecule has 0 aliphatic heterocycles. The largest absolute Gasteiger partial charge is 0.493 e. The molecule has 0 heterocycles.